The van der Waals surface area contributed by atoms with E-state index in [1.165, 1.54) is 0 Å². The molecular weight excluding hydrogens is 621 g/mol. The molecule has 6 aromatic rings. The average molecular weight is 667 g/mol. The second-order valence-corrected chi connectivity index (χ2v) is 22.8. The smallest absolute Gasteiger partial charge is 0.507 e. The number of para-hydroxylation sites is 2. The van der Waals surface area contributed by atoms with Crippen LogP contribution in [0, 0.1) is 0 Å². The Balaban J connectivity index is 0.000000211. The molecule has 0 radical (unpaired) electrons. The quantitative estimate of drug-likeness (QED) is 0.145. The maximum atomic E-state index is 9.56. The summed E-state index contributed by atoms with van der Waals surface area (Å²) in [6.45, 7) is 14.2. The molecule has 0 heterocycles. The standard InChI is InChI=1S/2C12H10O.2C8H13Si.Cr/c2*13-12-9-5-4-8-11(12)10-6-2-1-3-7-10;2*1-9(2,3)8-6-4-5-7-8;/h2*1-9,13H;2*4-7H,1-3H3;/q;;2*-1;+2. The molecule has 5 heteroatoms. The van der Waals surface area contributed by atoms with Gasteiger partial charge in [0.2, 0.25) is 0 Å². The van der Waals surface area contributed by atoms with E-state index >= 15 is 0 Å². The van der Waals surface area contributed by atoms with Crippen LogP contribution >= 0.6 is 0 Å². The monoisotopic (exact) mass is 666 g/mol. The normalized spacial score (nSPS) is 10.4. The van der Waals surface area contributed by atoms with Crippen molar-refractivity contribution in [3.8, 4) is 33.8 Å². The topological polar surface area (TPSA) is 40.5 Å². The largest absolute Gasteiger partial charge is 2.00 e. The van der Waals surface area contributed by atoms with Crippen LogP contribution in [-0.4, -0.2) is 26.4 Å². The Morgan fingerprint density at radius 3 is 0.889 bits per heavy atom. The Kier molecular flexibility index (Phi) is 15.1. The second kappa shape index (κ2) is 18.2. The minimum absolute atomic E-state index is 0. The van der Waals surface area contributed by atoms with Gasteiger partial charge in [0, 0.05) is 27.3 Å². The van der Waals surface area contributed by atoms with Crippen molar-refractivity contribution in [3.63, 3.8) is 0 Å². The van der Waals surface area contributed by atoms with Gasteiger partial charge in [-0.05, 0) is 23.3 Å². The van der Waals surface area contributed by atoms with E-state index in [1.807, 2.05) is 97.1 Å². The predicted molar refractivity (Wildman–Crippen MR) is 197 cm³/mol. The van der Waals surface area contributed by atoms with Crippen LogP contribution in [0.1, 0.15) is 0 Å². The SMILES string of the molecule is C[Si](C)(C)[c-]1cccc1.C[Si](C)(C)[c-]1cccc1.Oc1ccccc1-c1ccccc1.Oc1ccccc1-c1ccccc1.[Cr+2]. The predicted octanol–water partition coefficient (Wildman–Crippen LogP) is 10.0. The van der Waals surface area contributed by atoms with Crippen molar-refractivity contribution in [3.05, 3.63) is 158 Å². The third kappa shape index (κ3) is 12.6. The summed E-state index contributed by atoms with van der Waals surface area (Å²) in [6.07, 6.45) is 0. The summed E-state index contributed by atoms with van der Waals surface area (Å²) < 4.78 is 0. The fraction of sp³-hybridized carbons (Fsp3) is 0.150. The molecule has 0 spiro atoms. The van der Waals surface area contributed by atoms with Crippen LogP contribution in [0.5, 0.6) is 11.5 Å². The summed E-state index contributed by atoms with van der Waals surface area (Å²) in [6, 6.07) is 51.8. The number of hydrogen-bond acceptors (Lipinski definition) is 2. The number of aromatic hydroxyl groups is 2. The van der Waals surface area contributed by atoms with Crippen LogP contribution < -0.4 is 10.4 Å². The molecule has 0 aliphatic rings. The summed E-state index contributed by atoms with van der Waals surface area (Å²) in [5.41, 5.74) is 3.84. The van der Waals surface area contributed by atoms with Crippen molar-refractivity contribution < 1.29 is 27.6 Å². The Morgan fingerprint density at radius 2 is 0.644 bits per heavy atom. The van der Waals surface area contributed by atoms with Crippen LogP contribution in [-0.2, 0) is 17.4 Å². The Morgan fingerprint density at radius 1 is 0.378 bits per heavy atom. The molecule has 0 saturated heterocycles. The zero-order valence-corrected chi connectivity index (χ0v) is 30.6. The molecule has 0 aliphatic heterocycles. The van der Waals surface area contributed by atoms with E-state index in [0.29, 0.717) is 11.5 Å². The summed E-state index contributed by atoms with van der Waals surface area (Å²) in [4.78, 5) is 0. The van der Waals surface area contributed by atoms with Gasteiger partial charge in [-0.15, -0.1) is 0 Å². The molecule has 2 nitrogen and oxygen atoms in total. The van der Waals surface area contributed by atoms with Gasteiger partial charge >= 0.3 is 17.4 Å². The third-order valence-corrected chi connectivity index (χ3v) is 11.2. The number of rotatable bonds is 4. The molecular formula is C40H46CrO2Si2. The molecule has 0 unspecified atom stereocenters. The van der Waals surface area contributed by atoms with E-state index < -0.39 is 16.1 Å². The molecule has 0 fully saturated rings. The fourth-order valence-corrected chi connectivity index (χ4v) is 6.80. The van der Waals surface area contributed by atoms with E-state index in [1.54, 1.807) is 22.5 Å². The van der Waals surface area contributed by atoms with E-state index in [2.05, 4.69) is 87.8 Å². The molecule has 6 rings (SSSR count). The molecule has 232 valence electrons. The fourth-order valence-electron chi connectivity index (χ4n) is 4.42. The average Bonchev–Trinajstić information content (AvgIpc) is 3.76. The van der Waals surface area contributed by atoms with Crippen LogP contribution in [0.15, 0.2) is 158 Å². The van der Waals surface area contributed by atoms with Crippen LogP contribution in [0.3, 0.4) is 0 Å². The van der Waals surface area contributed by atoms with Gasteiger partial charge in [-0.25, -0.2) is 24.3 Å². The molecule has 45 heavy (non-hydrogen) atoms. The van der Waals surface area contributed by atoms with Crippen molar-refractivity contribution in [1.29, 1.82) is 0 Å². The van der Waals surface area contributed by atoms with Crippen molar-refractivity contribution in [2.24, 2.45) is 0 Å². The van der Waals surface area contributed by atoms with E-state index in [0.717, 1.165) is 22.3 Å². The van der Waals surface area contributed by atoms with Gasteiger partial charge in [0.1, 0.15) is 11.5 Å². The Labute approximate surface area is 283 Å². The third-order valence-electron chi connectivity index (χ3n) is 7.04. The number of phenols is 2. The molecule has 0 aliphatic carbocycles. The van der Waals surface area contributed by atoms with Gasteiger partial charge in [0.25, 0.3) is 0 Å². The molecule has 6 aromatic carbocycles. The van der Waals surface area contributed by atoms with Gasteiger partial charge in [-0.2, -0.15) is 34.6 Å². The van der Waals surface area contributed by atoms with Gasteiger partial charge in [-0.3, -0.25) is 0 Å². The molecule has 0 aromatic heterocycles. The molecule has 2 N–H and O–H groups in total. The minimum atomic E-state index is -0.981. The van der Waals surface area contributed by atoms with Crippen molar-refractivity contribution >= 4 is 26.5 Å². The van der Waals surface area contributed by atoms with Crippen molar-refractivity contribution in [2.75, 3.05) is 0 Å². The van der Waals surface area contributed by atoms with E-state index in [9.17, 15) is 10.2 Å². The summed E-state index contributed by atoms with van der Waals surface area (Å²) >= 11 is 0. The van der Waals surface area contributed by atoms with Crippen LogP contribution in [0.4, 0.5) is 0 Å². The van der Waals surface area contributed by atoms with Gasteiger partial charge < -0.3 is 10.2 Å². The Bertz CT molecular complexity index is 1490. The zero-order valence-electron chi connectivity index (χ0n) is 27.3. The molecule has 0 atom stereocenters. The first kappa shape index (κ1) is 37.3. The molecule has 0 saturated carbocycles. The summed E-state index contributed by atoms with van der Waals surface area (Å²) in [5.74, 6) is 0.655. The van der Waals surface area contributed by atoms with Crippen LogP contribution in [0.25, 0.3) is 22.3 Å². The Hall–Kier alpha value is -3.85. The number of phenolic OH excluding ortho intramolecular Hbond substituents is 2. The molecule has 0 amide bonds. The van der Waals surface area contributed by atoms with Crippen molar-refractivity contribution in [1.82, 2.24) is 0 Å². The minimum Gasteiger partial charge on any atom is -0.507 e. The van der Waals surface area contributed by atoms with Crippen molar-refractivity contribution in [2.45, 2.75) is 39.3 Å². The van der Waals surface area contributed by atoms with Gasteiger partial charge in [0.05, 0.1) is 0 Å². The first-order valence-electron chi connectivity index (χ1n) is 15.1. The maximum absolute atomic E-state index is 9.56. The van der Waals surface area contributed by atoms with E-state index in [4.69, 9.17) is 0 Å². The second-order valence-electron chi connectivity index (χ2n) is 12.6. The van der Waals surface area contributed by atoms with Crippen LogP contribution in [0.2, 0.25) is 39.3 Å². The zero-order chi connectivity index (χ0) is 32.0. The van der Waals surface area contributed by atoms with E-state index in [-0.39, 0.29) is 17.4 Å². The number of benzene rings is 4. The first-order chi connectivity index (χ1) is 21.0. The number of hydrogen-bond donors (Lipinski definition) is 2. The summed E-state index contributed by atoms with van der Waals surface area (Å²) in [5, 5.41) is 22.2. The molecule has 0 bridgehead atoms. The van der Waals surface area contributed by atoms with Gasteiger partial charge in [0.15, 0.2) is 0 Å². The maximum Gasteiger partial charge on any atom is 2.00 e. The summed E-state index contributed by atoms with van der Waals surface area (Å²) in [7, 11) is -1.96. The first-order valence-corrected chi connectivity index (χ1v) is 22.1. The van der Waals surface area contributed by atoms with Gasteiger partial charge in [-0.1, -0.05) is 136 Å².